The van der Waals surface area contributed by atoms with Gasteiger partial charge in [-0.05, 0) is 48.5 Å². The summed E-state index contributed by atoms with van der Waals surface area (Å²) in [5.41, 5.74) is 1.48. The summed E-state index contributed by atoms with van der Waals surface area (Å²) in [4.78, 5) is 33.3. The molecule has 138 valence electrons. The fraction of sp³-hybridized carbons (Fsp3) is 0.0556. The van der Waals surface area contributed by atoms with Gasteiger partial charge < -0.3 is 10.4 Å². The molecule has 2 aromatic carbocycles. The Hall–Kier alpha value is -3.59. The molecule has 9 heteroatoms. The number of hydrogen-bond donors (Lipinski definition) is 3. The summed E-state index contributed by atoms with van der Waals surface area (Å²) in [5, 5.41) is 25.1. The van der Waals surface area contributed by atoms with Crippen molar-refractivity contribution in [3.05, 3.63) is 75.3 Å². The minimum Gasteiger partial charge on any atom is -0.478 e. The lowest BCUT2D eigenvalue weighted by atomic mass is 10.1. The fourth-order valence-electron chi connectivity index (χ4n) is 2.22. The van der Waals surface area contributed by atoms with E-state index in [9.17, 15) is 19.7 Å². The van der Waals surface area contributed by atoms with Crippen LogP contribution in [0.25, 0.3) is 6.08 Å². The number of benzene rings is 2. The maximum atomic E-state index is 11.9. The number of carbonyl (C=O) groups is 2. The van der Waals surface area contributed by atoms with Crippen LogP contribution in [0.4, 0.5) is 11.4 Å². The number of carboxylic acid groups (broad SMARTS) is 1. The van der Waals surface area contributed by atoms with E-state index in [4.69, 9.17) is 17.3 Å². The quantitative estimate of drug-likeness (QED) is 0.313. The Labute approximate surface area is 159 Å². The first kappa shape index (κ1) is 19.7. The van der Waals surface area contributed by atoms with Crippen molar-refractivity contribution in [3.8, 4) is 0 Å². The SMILES string of the molecule is Cc1c(NC(=S)NC(=O)/C=C/c2cccc([N+](=O)[O-])c2)cccc1C(=O)O. The summed E-state index contributed by atoms with van der Waals surface area (Å²) in [6.07, 6.45) is 2.61. The molecule has 3 N–H and O–H groups in total. The van der Waals surface area contributed by atoms with E-state index in [-0.39, 0.29) is 16.4 Å². The molecule has 2 aromatic rings. The zero-order valence-corrected chi connectivity index (χ0v) is 14.9. The number of hydrogen-bond acceptors (Lipinski definition) is 5. The highest BCUT2D eigenvalue weighted by molar-refractivity contribution is 7.80. The van der Waals surface area contributed by atoms with Crippen molar-refractivity contribution in [2.24, 2.45) is 0 Å². The molecular formula is C18H15N3O5S. The number of nitro benzene ring substituents is 1. The molecule has 0 saturated heterocycles. The Kier molecular flexibility index (Phi) is 6.34. The largest absolute Gasteiger partial charge is 0.478 e. The van der Waals surface area contributed by atoms with E-state index in [1.54, 1.807) is 25.1 Å². The van der Waals surface area contributed by atoms with Gasteiger partial charge in [0.2, 0.25) is 5.91 Å². The molecule has 0 aliphatic rings. The van der Waals surface area contributed by atoms with Crippen LogP contribution in [-0.4, -0.2) is 27.0 Å². The number of rotatable bonds is 5. The van der Waals surface area contributed by atoms with Gasteiger partial charge >= 0.3 is 5.97 Å². The first-order valence-corrected chi connectivity index (χ1v) is 8.06. The van der Waals surface area contributed by atoms with Crippen molar-refractivity contribution in [2.45, 2.75) is 6.92 Å². The summed E-state index contributed by atoms with van der Waals surface area (Å²) >= 11 is 5.05. The average Bonchev–Trinajstić information content (AvgIpc) is 2.61. The molecule has 8 nitrogen and oxygen atoms in total. The van der Waals surface area contributed by atoms with E-state index < -0.39 is 16.8 Å². The number of carbonyl (C=O) groups excluding carboxylic acids is 1. The van der Waals surface area contributed by atoms with Gasteiger partial charge in [-0.2, -0.15) is 0 Å². The molecular weight excluding hydrogens is 370 g/mol. The molecule has 0 aliphatic heterocycles. The lowest BCUT2D eigenvalue weighted by Crippen LogP contribution is -2.33. The molecule has 0 aromatic heterocycles. The van der Waals surface area contributed by atoms with Gasteiger partial charge in [0.1, 0.15) is 0 Å². The minimum atomic E-state index is -1.06. The van der Waals surface area contributed by atoms with Crippen LogP contribution in [0.3, 0.4) is 0 Å². The number of nitro groups is 1. The highest BCUT2D eigenvalue weighted by Crippen LogP contribution is 2.19. The summed E-state index contributed by atoms with van der Waals surface area (Å²) < 4.78 is 0. The van der Waals surface area contributed by atoms with E-state index in [2.05, 4.69) is 10.6 Å². The summed E-state index contributed by atoms with van der Waals surface area (Å²) in [7, 11) is 0. The van der Waals surface area contributed by atoms with E-state index in [1.807, 2.05) is 0 Å². The van der Waals surface area contributed by atoms with Crippen LogP contribution < -0.4 is 10.6 Å². The first-order chi connectivity index (χ1) is 12.8. The Bertz CT molecular complexity index is 956. The molecule has 0 aliphatic carbocycles. The number of anilines is 1. The van der Waals surface area contributed by atoms with Crippen LogP contribution >= 0.6 is 12.2 Å². The van der Waals surface area contributed by atoms with Gasteiger partial charge in [-0.1, -0.05) is 18.2 Å². The Morgan fingerprint density at radius 1 is 1.22 bits per heavy atom. The molecule has 0 spiro atoms. The van der Waals surface area contributed by atoms with Crippen molar-refractivity contribution in [1.29, 1.82) is 0 Å². The van der Waals surface area contributed by atoms with E-state index in [0.717, 1.165) is 0 Å². The Morgan fingerprint density at radius 2 is 1.93 bits per heavy atom. The molecule has 0 saturated carbocycles. The molecule has 0 fully saturated rings. The average molecular weight is 385 g/mol. The standard InChI is InChI=1S/C18H15N3O5S/c1-11-14(17(23)24)6-3-7-15(11)19-18(27)20-16(22)9-8-12-4-2-5-13(10-12)21(25)26/h2-10H,1H3,(H,23,24)(H2,19,20,22,27)/b9-8+. The highest BCUT2D eigenvalue weighted by Gasteiger charge is 2.11. The molecule has 0 atom stereocenters. The second-order valence-electron chi connectivity index (χ2n) is 5.41. The van der Waals surface area contributed by atoms with Crippen molar-refractivity contribution < 1.29 is 19.6 Å². The van der Waals surface area contributed by atoms with Crippen LogP contribution in [0.2, 0.25) is 0 Å². The van der Waals surface area contributed by atoms with Gasteiger partial charge in [-0.25, -0.2) is 4.79 Å². The number of thiocarbonyl (C=S) groups is 1. The normalized spacial score (nSPS) is 10.4. The molecule has 0 unspecified atom stereocenters. The topological polar surface area (TPSA) is 122 Å². The first-order valence-electron chi connectivity index (χ1n) is 7.65. The Morgan fingerprint density at radius 3 is 2.59 bits per heavy atom. The van der Waals surface area contributed by atoms with Gasteiger partial charge in [0, 0.05) is 23.9 Å². The van der Waals surface area contributed by atoms with Crippen LogP contribution in [0.1, 0.15) is 21.5 Å². The molecule has 0 radical (unpaired) electrons. The second-order valence-corrected chi connectivity index (χ2v) is 5.82. The summed E-state index contributed by atoms with van der Waals surface area (Å²) in [6, 6.07) is 10.5. The van der Waals surface area contributed by atoms with Gasteiger partial charge in [0.15, 0.2) is 5.11 Å². The number of amides is 1. The number of nitrogens with one attached hydrogen (secondary N) is 2. The zero-order valence-electron chi connectivity index (χ0n) is 14.1. The van der Waals surface area contributed by atoms with E-state index in [1.165, 1.54) is 36.4 Å². The number of non-ortho nitro benzene ring substituents is 1. The smallest absolute Gasteiger partial charge is 0.336 e. The van der Waals surface area contributed by atoms with Gasteiger partial charge in [0.25, 0.3) is 5.69 Å². The van der Waals surface area contributed by atoms with Crippen LogP contribution in [-0.2, 0) is 4.79 Å². The second kappa shape index (κ2) is 8.68. The van der Waals surface area contributed by atoms with Gasteiger partial charge in [-0.15, -0.1) is 0 Å². The van der Waals surface area contributed by atoms with Gasteiger partial charge in [-0.3, -0.25) is 20.2 Å². The fourth-order valence-corrected chi connectivity index (χ4v) is 2.43. The third-order valence-corrected chi connectivity index (χ3v) is 3.76. The van der Waals surface area contributed by atoms with Gasteiger partial charge in [0.05, 0.1) is 10.5 Å². The lowest BCUT2D eigenvalue weighted by molar-refractivity contribution is -0.384. The monoisotopic (exact) mass is 385 g/mol. The zero-order chi connectivity index (χ0) is 20.0. The van der Waals surface area contributed by atoms with Crippen LogP contribution in [0.15, 0.2) is 48.5 Å². The van der Waals surface area contributed by atoms with Crippen molar-refractivity contribution >= 4 is 46.7 Å². The predicted octanol–water partition coefficient (Wildman–Crippen LogP) is 3.13. The lowest BCUT2D eigenvalue weighted by Gasteiger charge is -2.12. The molecule has 2 rings (SSSR count). The van der Waals surface area contributed by atoms with Crippen molar-refractivity contribution in [3.63, 3.8) is 0 Å². The third-order valence-electron chi connectivity index (χ3n) is 3.56. The Balaban J connectivity index is 2.01. The molecule has 0 bridgehead atoms. The number of aromatic carboxylic acids is 1. The van der Waals surface area contributed by atoms with E-state index >= 15 is 0 Å². The minimum absolute atomic E-state index is 0.00525. The molecule has 27 heavy (non-hydrogen) atoms. The third kappa shape index (κ3) is 5.44. The van der Waals surface area contributed by atoms with Crippen molar-refractivity contribution in [1.82, 2.24) is 5.32 Å². The molecule has 1 amide bonds. The van der Waals surface area contributed by atoms with Crippen LogP contribution in [0.5, 0.6) is 0 Å². The number of nitrogens with zero attached hydrogens (tertiary/aromatic N) is 1. The van der Waals surface area contributed by atoms with Crippen LogP contribution in [0, 0.1) is 17.0 Å². The molecule has 0 heterocycles. The maximum Gasteiger partial charge on any atom is 0.336 e. The van der Waals surface area contributed by atoms with Crippen molar-refractivity contribution in [2.75, 3.05) is 5.32 Å². The maximum absolute atomic E-state index is 11.9. The predicted molar refractivity (Wildman–Crippen MR) is 105 cm³/mol. The summed E-state index contributed by atoms with van der Waals surface area (Å²) in [6.45, 7) is 1.62. The highest BCUT2D eigenvalue weighted by atomic mass is 32.1. The number of carboxylic acids is 1. The van der Waals surface area contributed by atoms with E-state index in [0.29, 0.717) is 16.8 Å². The summed E-state index contributed by atoms with van der Waals surface area (Å²) in [5.74, 6) is -1.60.